The van der Waals surface area contributed by atoms with Crippen molar-refractivity contribution in [1.29, 1.82) is 0 Å². The number of hydrogen-bond acceptors (Lipinski definition) is 6. The molecule has 0 radical (unpaired) electrons. The fraction of sp³-hybridized carbons (Fsp3) is 0.500. The van der Waals surface area contributed by atoms with Gasteiger partial charge in [0.2, 0.25) is 5.91 Å². The Balaban J connectivity index is 2.67. The first-order chi connectivity index (χ1) is 13.4. The second-order valence-corrected chi connectivity index (χ2v) is 7.70. The first-order valence-electron chi connectivity index (χ1n) is 8.79. The summed E-state index contributed by atoms with van der Waals surface area (Å²) in [5, 5.41) is 7.71. The number of aromatic nitrogens is 1. The van der Waals surface area contributed by atoms with E-state index >= 15 is 0 Å². The van der Waals surface area contributed by atoms with E-state index in [1.807, 2.05) is 0 Å². The van der Waals surface area contributed by atoms with Crippen LogP contribution >= 0.6 is 11.6 Å². The van der Waals surface area contributed by atoms with E-state index < -0.39 is 29.6 Å². The van der Waals surface area contributed by atoms with E-state index in [-0.39, 0.29) is 24.8 Å². The number of ether oxygens (including phenoxy) is 1. The molecule has 1 atom stereocenters. The van der Waals surface area contributed by atoms with Crippen LogP contribution in [0.2, 0.25) is 5.02 Å². The van der Waals surface area contributed by atoms with Crippen LogP contribution in [-0.4, -0.2) is 65.5 Å². The van der Waals surface area contributed by atoms with E-state index in [1.54, 1.807) is 27.8 Å². The van der Waals surface area contributed by atoms with Gasteiger partial charge in [0.15, 0.2) is 0 Å². The summed E-state index contributed by atoms with van der Waals surface area (Å²) in [5.41, 5.74) is -0.712. The van der Waals surface area contributed by atoms with Crippen LogP contribution < -0.4 is 16.0 Å². The summed E-state index contributed by atoms with van der Waals surface area (Å²) in [7, 11) is 1.55. The number of carbonyl (C=O) groups is 4. The standard InChI is InChI=1S/C18H26ClN5O5/c1-11(25)24(5)10-13(22-17(28)29-18(2,3)4)9-21-15(26)16(27)23-14-7-6-12(19)8-20-14/h6-8,13H,9-10H2,1-5H3,(H,21,26)(H,22,28)(H,20,23,27)/t13-/m0/s1. The Morgan fingerprint density at radius 2 is 1.86 bits per heavy atom. The number of rotatable bonds is 6. The van der Waals surface area contributed by atoms with Crippen LogP contribution in [0.25, 0.3) is 0 Å². The van der Waals surface area contributed by atoms with Gasteiger partial charge in [-0.05, 0) is 32.9 Å². The number of alkyl carbamates (subject to hydrolysis) is 1. The average molecular weight is 428 g/mol. The van der Waals surface area contributed by atoms with Gasteiger partial charge in [-0.25, -0.2) is 9.78 Å². The molecule has 3 N–H and O–H groups in total. The number of carbonyl (C=O) groups excluding carboxylic acids is 4. The Bertz CT molecular complexity index is 748. The van der Waals surface area contributed by atoms with Crippen molar-refractivity contribution in [3.8, 4) is 0 Å². The molecule has 0 aliphatic rings. The topological polar surface area (TPSA) is 130 Å². The number of amides is 4. The summed E-state index contributed by atoms with van der Waals surface area (Å²) in [6, 6.07) is 2.28. The van der Waals surface area contributed by atoms with Gasteiger partial charge in [-0.2, -0.15) is 0 Å². The molecule has 0 unspecified atom stereocenters. The lowest BCUT2D eigenvalue weighted by Crippen LogP contribution is -2.52. The van der Waals surface area contributed by atoms with Gasteiger partial charge in [-0.15, -0.1) is 0 Å². The predicted octanol–water partition coefficient (Wildman–Crippen LogP) is 1.16. The van der Waals surface area contributed by atoms with E-state index in [4.69, 9.17) is 16.3 Å². The van der Waals surface area contributed by atoms with Crippen molar-refractivity contribution in [2.45, 2.75) is 39.3 Å². The van der Waals surface area contributed by atoms with Crippen LogP contribution in [0.5, 0.6) is 0 Å². The zero-order valence-corrected chi connectivity index (χ0v) is 17.8. The zero-order valence-electron chi connectivity index (χ0n) is 17.0. The number of pyridine rings is 1. The second-order valence-electron chi connectivity index (χ2n) is 7.27. The van der Waals surface area contributed by atoms with Crippen molar-refractivity contribution >= 4 is 41.2 Å². The van der Waals surface area contributed by atoms with Gasteiger partial charge >= 0.3 is 17.9 Å². The van der Waals surface area contributed by atoms with E-state index in [0.29, 0.717) is 5.02 Å². The van der Waals surface area contributed by atoms with E-state index in [1.165, 1.54) is 30.2 Å². The Kier molecular flexibility index (Phi) is 8.84. The summed E-state index contributed by atoms with van der Waals surface area (Å²) >= 11 is 5.71. The number of likely N-dealkylation sites (N-methyl/N-ethyl adjacent to an activating group) is 1. The fourth-order valence-corrected chi connectivity index (χ4v) is 2.13. The maximum absolute atomic E-state index is 12.1. The van der Waals surface area contributed by atoms with Gasteiger partial charge in [0, 0.05) is 33.3 Å². The molecule has 0 bridgehead atoms. The number of anilines is 1. The van der Waals surface area contributed by atoms with Crippen molar-refractivity contribution in [2.75, 3.05) is 25.5 Å². The summed E-state index contributed by atoms with van der Waals surface area (Å²) < 4.78 is 5.19. The molecule has 0 fully saturated rings. The van der Waals surface area contributed by atoms with Gasteiger partial charge in [0.1, 0.15) is 11.4 Å². The number of nitrogens with zero attached hydrogens (tertiary/aromatic N) is 2. The third kappa shape index (κ3) is 9.74. The molecular weight excluding hydrogens is 402 g/mol. The Labute approximate surface area is 174 Å². The predicted molar refractivity (Wildman–Crippen MR) is 107 cm³/mol. The highest BCUT2D eigenvalue weighted by molar-refractivity contribution is 6.39. The third-order valence-electron chi connectivity index (χ3n) is 3.44. The number of nitrogens with one attached hydrogen (secondary N) is 3. The van der Waals surface area contributed by atoms with Crippen LogP contribution in [0, 0.1) is 0 Å². The molecule has 1 aromatic heterocycles. The minimum Gasteiger partial charge on any atom is -0.444 e. The monoisotopic (exact) mass is 427 g/mol. The van der Waals surface area contributed by atoms with Crippen LogP contribution in [0.4, 0.5) is 10.6 Å². The molecule has 1 aromatic rings. The summed E-state index contributed by atoms with van der Waals surface area (Å²) in [5.74, 6) is -1.92. The molecule has 0 saturated carbocycles. The zero-order chi connectivity index (χ0) is 22.2. The van der Waals surface area contributed by atoms with Gasteiger partial charge in [-0.1, -0.05) is 11.6 Å². The van der Waals surface area contributed by atoms with Crippen LogP contribution in [0.1, 0.15) is 27.7 Å². The highest BCUT2D eigenvalue weighted by Crippen LogP contribution is 2.09. The van der Waals surface area contributed by atoms with Crippen LogP contribution in [-0.2, 0) is 19.1 Å². The summed E-state index contributed by atoms with van der Waals surface area (Å²) in [6.45, 7) is 6.50. The fourth-order valence-electron chi connectivity index (χ4n) is 2.01. The first-order valence-corrected chi connectivity index (χ1v) is 9.17. The molecule has 160 valence electrons. The minimum absolute atomic E-state index is 0.100. The van der Waals surface area contributed by atoms with Crippen molar-refractivity contribution in [1.82, 2.24) is 20.5 Å². The average Bonchev–Trinajstić information content (AvgIpc) is 2.59. The van der Waals surface area contributed by atoms with Crippen LogP contribution in [0.3, 0.4) is 0 Å². The molecule has 0 aliphatic carbocycles. The van der Waals surface area contributed by atoms with Crippen molar-refractivity contribution in [3.63, 3.8) is 0 Å². The van der Waals surface area contributed by atoms with Gasteiger partial charge in [-0.3, -0.25) is 14.4 Å². The molecule has 11 heteroatoms. The number of hydrogen-bond donors (Lipinski definition) is 3. The van der Waals surface area contributed by atoms with E-state index in [9.17, 15) is 19.2 Å². The molecule has 0 aliphatic heterocycles. The molecule has 1 heterocycles. The molecule has 4 amide bonds. The lowest BCUT2D eigenvalue weighted by Gasteiger charge is -2.26. The summed E-state index contributed by atoms with van der Waals surface area (Å²) in [4.78, 5) is 52.8. The van der Waals surface area contributed by atoms with Gasteiger partial charge in [0.05, 0.1) is 11.1 Å². The summed E-state index contributed by atoms with van der Waals surface area (Å²) in [6.07, 6.45) is 0.622. The maximum atomic E-state index is 12.1. The Morgan fingerprint density at radius 1 is 1.21 bits per heavy atom. The molecule has 0 spiro atoms. The first kappa shape index (κ1) is 24.2. The van der Waals surface area contributed by atoms with Crippen LogP contribution in [0.15, 0.2) is 18.3 Å². The van der Waals surface area contributed by atoms with Crippen molar-refractivity contribution < 1.29 is 23.9 Å². The lowest BCUT2D eigenvalue weighted by atomic mass is 10.2. The Morgan fingerprint density at radius 3 is 2.38 bits per heavy atom. The molecule has 1 rings (SSSR count). The quantitative estimate of drug-likeness (QED) is 0.584. The second kappa shape index (κ2) is 10.6. The van der Waals surface area contributed by atoms with E-state index in [2.05, 4.69) is 20.9 Å². The molecule has 0 aromatic carbocycles. The largest absolute Gasteiger partial charge is 0.444 e. The minimum atomic E-state index is -0.934. The molecule has 10 nitrogen and oxygen atoms in total. The SMILES string of the molecule is CC(=O)N(C)C[C@H](CNC(=O)C(=O)Nc1ccc(Cl)cn1)NC(=O)OC(C)(C)C. The van der Waals surface area contributed by atoms with Gasteiger partial charge in [0.25, 0.3) is 0 Å². The molecular formula is C18H26ClN5O5. The molecule has 29 heavy (non-hydrogen) atoms. The molecule has 0 saturated heterocycles. The highest BCUT2D eigenvalue weighted by atomic mass is 35.5. The van der Waals surface area contributed by atoms with E-state index in [0.717, 1.165) is 0 Å². The smallest absolute Gasteiger partial charge is 0.407 e. The lowest BCUT2D eigenvalue weighted by molar-refractivity contribution is -0.136. The van der Waals surface area contributed by atoms with Crippen molar-refractivity contribution in [2.24, 2.45) is 0 Å². The third-order valence-corrected chi connectivity index (χ3v) is 3.66. The van der Waals surface area contributed by atoms with Crippen molar-refractivity contribution in [3.05, 3.63) is 23.4 Å². The normalized spacial score (nSPS) is 11.8. The highest BCUT2D eigenvalue weighted by Gasteiger charge is 2.23. The maximum Gasteiger partial charge on any atom is 0.407 e. The Hall–Kier alpha value is -2.88. The van der Waals surface area contributed by atoms with Gasteiger partial charge < -0.3 is 25.6 Å². The number of halogens is 1.